The Labute approximate surface area is 143 Å². The van der Waals surface area contributed by atoms with Crippen molar-refractivity contribution in [2.45, 2.75) is 18.2 Å². The van der Waals surface area contributed by atoms with Crippen LogP contribution >= 0.6 is 15.9 Å². The van der Waals surface area contributed by atoms with Gasteiger partial charge in [-0.2, -0.15) is 0 Å². The first-order chi connectivity index (χ1) is 11.0. The fraction of sp³-hybridized carbons (Fsp3) is 0.250. The van der Waals surface area contributed by atoms with E-state index in [-0.39, 0.29) is 4.90 Å². The van der Waals surface area contributed by atoms with Gasteiger partial charge in [-0.1, -0.05) is 19.1 Å². The summed E-state index contributed by atoms with van der Waals surface area (Å²) in [5.41, 5.74) is 1.66. The number of anilines is 1. The molecule has 0 fully saturated rings. The van der Waals surface area contributed by atoms with Crippen LogP contribution < -0.4 is 14.2 Å². The number of benzene rings is 2. The Balaban J connectivity index is 1.92. The maximum absolute atomic E-state index is 12.6. The predicted molar refractivity (Wildman–Crippen MR) is 91.8 cm³/mol. The van der Waals surface area contributed by atoms with Gasteiger partial charge >= 0.3 is 0 Å². The standard InChI is InChI=1S/C16H16BrNO4S/c1-2-11-3-5-12(6-4-11)18-23(19,20)16-10-15-14(9-13(16)17)21-7-8-22-15/h3-6,9-10,18H,2,7-8H2,1H3. The molecule has 5 nitrogen and oxygen atoms in total. The predicted octanol–water partition coefficient (Wildman–Crippen LogP) is 3.58. The number of hydrogen-bond donors (Lipinski definition) is 1. The molecule has 0 aliphatic carbocycles. The Morgan fingerprint density at radius 1 is 1.09 bits per heavy atom. The molecule has 122 valence electrons. The Morgan fingerprint density at radius 2 is 1.70 bits per heavy atom. The fourth-order valence-corrected chi connectivity index (χ4v) is 4.37. The van der Waals surface area contributed by atoms with Crippen LogP contribution in [0.25, 0.3) is 0 Å². The fourth-order valence-electron chi connectivity index (χ4n) is 2.27. The lowest BCUT2D eigenvalue weighted by Gasteiger charge is -2.20. The first-order valence-corrected chi connectivity index (χ1v) is 9.48. The molecule has 3 rings (SSSR count). The van der Waals surface area contributed by atoms with Crippen LogP contribution in [0.3, 0.4) is 0 Å². The van der Waals surface area contributed by atoms with Crippen molar-refractivity contribution in [2.75, 3.05) is 17.9 Å². The van der Waals surface area contributed by atoms with Crippen molar-refractivity contribution in [1.29, 1.82) is 0 Å². The molecule has 0 unspecified atom stereocenters. The molecule has 1 N–H and O–H groups in total. The second kappa shape index (κ2) is 6.41. The van der Waals surface area contributed by atoms with Crippen LogP contribution in [-0.2, 0) is 16.4 Å². The average molecular weight is 398 g/mol. The van der Waals surface area contributed by atoms with Gasteiger partial charge in [0.05, 0.1) is 0 Å². The van der Waals surface area contributed by atoms with E-state index >= 15 is 0 Å². The molecule has 7 heteroatoms. The van der Waals surface area contributed by atoms with Gasteiger partial charge in [-0.25, -0.2) is 8.42 Å². The number of hydrogen-bond acceptors (Lipinski definition) is 4. The van der Waals surface area contributed by atoms with E-state index in [1.165, 1.54) is 6.07 Å². The lowest BCUT2D eigenvalue weighted by Crippen LogP contribution is -2.18. The molecule has 1 heterocycles. The van der Waals surface area contributed by atoms with E-state index in [0.717, 1.165) is 12.0 Å². The van der Waals surface area contributed by atoms with E-state index in [1.807, 2.05) is 19.1 Å². The number of ether oxygens (including phenoxy) is 2. The Kier molecular flexibility index (Phi) is 4.50. The third-order valence-corrected chi connectivity index (χ3v) is 5.84. The van der Waals surface area contributed by atoms with E-state index in [4.69, 9.17) is 9.47 Å². The van der Waals surface area contributed by atoms with Crippen molar-refractivity contribution in [3.8, 4) is 11.5 Å². The van der Waals surface area contributed by atoms with Crippen LogP contribution in [0.1, 0.15) is 12.5 Å². The van der Waals surface area contributed by atoms with Crippen LogP contribution in [0.15, 0.2) is 45.8 Å². The summed E-state index contributed by atoms with van der Waals surface area (Å²) in [4.78, 5) is 0.112. The summed E-state index contributed by atoms with van der Waals surface area (Å²) in [6.45, 7) is 2.90. The average Bonchev–Trinajstić information content (AvgIpc) is 2.54. The van der Waals surface area contributed by atoms with Crippen LogP contribution in [-0.4, -0.2) is 21.6 Å². The number of aryl methyl sites for hydroxylation is 1. The van der Waals surface area contributed by atoms with E-state index in [1.54, 1.807) is 18.2 Å². The molecule has 0 amide bonds. The molecule has 0 aromatic heterocycles. The second-order valence-corrected chi connectivity index (χ2v) is 7.59. The van der Waals surface area contributed by atoms with Crippen LogP contribution in [0.2, 0.25) is 0 Å². The minimum absolute atomic E-state index is 0.112. The van der Waals surface area contributed by atoms with Gasteiger partial charge in [0, 0.05) is 16.2 Å². The third-order valence-electron chi connectivity index (χ3n) is 3.50. The van der Waals surface area contributed by atoms with Gasteiger partial charge in [0.1, 0.15) is 18.1 Å². The molecule has 0 radical (unpaired) electrons. The van der Waals surface area contributed by atoms with Crippen molar-refractivity contribution < 1.29 is 17.9 Å². The highest BCUT2D eigenvalue weighted by Crippen LogP contribution is 2.37. The number of nitrogens with one attached hydrogen (secondary N) is 1. The van der Waals surface area contributed by atoms with Gasteiger partial charge in [0.25, 0.3) is 10.0 Å². The molecular formula is C16H16BrNO4S. The largest absolute Gasteiger partial charge is 0.486 e. The first-order valence-electron chi connectivity index (χ1n) is 7.20. The Hall–Kier alpha value is -1.73. The van der Waals surface area contributed by atoms with Gasteiger partial charge in [-0.3, -0.25) is 4.72 Å². The van der Waals surface area contributed by atoms with Gasteiger partial charge < -0.3 is 9.47 Å². The van der Waals surface area contributed by atoms with Crippen molar-refractivity contribution in [2.24, 2.45) is 0 Å². The first kappa shape index (κ1) is 16.1. The molecule has 0 spiro atoms. The minimum atomic E-state index is -3.73. The summed E-state index contributed by atoms with van der Waals surface area (Å²) in [7, 11) is -3.73. The summed E-state index contributed by atoms with van der Waals surface area (Å²) >= 11 is 3.29. The zero-order chi connectivity index (χ0) is 16.4. The molecule has 2 aromatic rings. The number of halogens is 1. The van der Waals surface area contributed by atoms with Crippen LogP contribution in [0.5, 0.6) is 11.5 Å². The lowest BCUT2D eigenvalue weighted by atomic mass is 10.2. The molecule has 2 aromatic carbocycles. The molecule has 23 heavy (non-hydrogen) atoms. The summed E-state index contributed by atoms with van der Waals surface area (Å²) in [5, 5.41) is 0. The van der Waals surface area contributed by atoms with Gasteiger partial charge in [-0.15, -0.1) is 0 Å². The maximum atomic E-state index is 12.6. The van der Waals surface area contributed by atoms with E-state index in [0.29, 0.717) is 34.9 Å². The van der Waals surface area contributed by atoms with Gasteiger partial charge in [0.2, 0.25) is 0 Å². The highest BCUT2D eigenvalue weighted by atomic mass is 79.9. The number of fused-ring (bicyclic) bond motifs is 1. The highest BCUT2D eigenvalue weighted by Gasteiger charge is 2.23. The van der Waals surface area contributed by atoms with Crippen molar-refractivity contribution >= 4 is 31.6 Å². The summed E-state index contributed by atoms with van der Waals surface area (Å²) in [5.74, 6) is 0.968. The summed E-state index contributed by atoms with van der Waals surface area (Å²) in [6.07, 6.45) is 0.904. The molecule has 1 aliphatic rings. The summed E-state index contributed by atoms with van der Waals surface area (Å²) < 4.78 is 39.2. The molecule has 0 atom stereocenters. The molecule has 0 saturated heterocycles. The number of rotatable bonds is 4. The topological polar surface area (TPSA) is 64.6 Å². The second-order valence-electron chi connectivity index (χ2n) is 5.08. The normalized spacial score (nSPS) is 13.7. The highest BCUT2D eigenvalue weighted by molar-refractivity contribution is 9.10. The van der Waals surface area contributed by atoms with E-state index in [9.17, 15) is 8.42 Å². The zero-order valence-corrected chi connectivity index (χ0v) is 14.9. The smallest absolute Gasteiger partial charge is 0.263 e. The quantitative estimate of drug-likeness (QED) is 0.855. The van der Waals surface area contributed by atoms with Gasteiger partial charge in [0.15, 0.2) is 11.5 Å². The van der Waals surface area contributed by atoms with Crippen LogP contribution in [0, 0.1) is 0 Å². The van der Waals surface area contributed by atoms with Crippen molar-refractivity contribution in [3.63, 3.8) is 0 Å². The molecule has 0 saturated carbocycles. The van der Waals surface area contributed by atoms with E-state index < -0.39 is 10.0 Å². The Morgan fingerprint density at radius 3 is 2.30 bits per heavy atom. The number of sulfonamides is 1. The molecule has 0 bridgehead atoms. The zero-order valence-electron chi connectivity index (χ0n) is 12.5. The van der Waals surface area contributed by atoms with E-state index in [2.05, 4.69) is 20.7 Å². The monoisotopic (exact) mass is 397 g/mol. The molecular weight excluding hydrogens is 382 g/mol. The summed E-state index contributed by atoms with van der Waals surface area (Å²) in [6, 6.07) is 10.4. The third kappa shape index (κ3) is 3.45. The minimum Gasteiger partial charge on any atom is -0.486 e. The van der Waals surface area contributed by atoms with Crippen molar-refractivity contribution in [3.05, 3.63) is 46.4 Å². The lowest BCUT2D eigenvalue weighted by molar-refractivity contribution is 0.171. The SMILES string of the molecule is CCc1ccc(NS(=O)(=O)c2cc3c(cc2Br)OCCO3)cc1. The maximum Gasteiger partial charge on any atom is 0.263 e. The van der Waals surface area contributed by atoms with Crippen molar-refractivity contribution in [1.82, 2.24) is 0 Å². The Bertz CT molecular complexity index is 819. The molecule has 1 aliphatic heterocycles. The van der Waals surface area contributed by atoms with Crippen LogP contribution in [0.4, 0.5) is 5.69 Å². The van der Waals surface area contributed by atoms with Gasteiger partial charge in [-0.05, 0) is 46.1 Å².